The maximum Gasteiger partial charge on any atom is 0.417 e. The molecule has 1 aromatic heterocycles. The van der Waals surface area contributed by atoms with Crippen LogP contribution in [-0.2, 0) is 16.0 Å². The van der Waals surface area contributed by atoms with Gasteiger partial charge in [0.25, 0.3) is 5.91 Å². The lowest BCUT2D eigenvalue weighted by atomic mass is 10.00. The number of methoxy groups -OCH3 is 1. The van der Waals surface area contributed by atoms with Gasteiger partial charge in [0, 0.05) is 49.8 Å². The summed E-state index contributed by atoms with van der Waals surface area (Å²) in [5, 5.41) is -0.115. The molecule has 1 aliphatic heterocycles. The first-order valence-electron chi connectivity index (χ1n) is 10.6. The van der Waals surface area contributed by atoms with Gasteiger partial charge in [-0.1, -0.05) is 11.6 Å². The molecule has 0 atom stereocenters. The van der Waals surface area contributed by atoms with Crippen LogP contribution in [0.25, 0.3) is 0 Å². The van der Waals surface area contributed by atoms with Gasteiger partial charge in [-0.2, -0.15) is 13.2 Å². The number of hydrogen-bond acceptors (Lipinski definition) is 6. The van der Waals surface area contributed by atoms with Crippen LogP contribution in [0.4, 0.5) is 19.0 Å². The molecule has 0 spiro atoms. The number of ether oxygens (including phenoxy) is 1. The molecule has 0 unspecified atom stereocenters. The fourth-order valence-electron chi connectivity index (χ4n) is 4.06. The molecule has 2 aromatic rings. The van der Waals surface area contributed by atoms with Crippen LogP contribution in [0.5, 0.6) is 5.75 Å². The minimum absolute atomic E-state index is 0.0106. The standard InChI is InChI=1S/C22H23ClF3N3O4S/c1-33-18-11-15(34(2,31)32)10-16(19(18)13-3-4-13)21(30)29-7-5-28(6-8-29)20-17(23)9-14(12-27-20)22(24,25)26/h9-13H,3-8H2,1-2H3. The maximum absolute atomic E-state index is 13.5. The van der Waals surface area contributed by atoms with E-state index in [0.29, 0.717) is 24.4 Å². The lowest BCUT2D eigenvalue weighted by molar-refractivity contribution is -0.137. The van der Waals surface area contributed by atoms with Gasteiger partial charge in [-0.05, 0) is 37.0 Å². The molecule has 1 aromatic carbocycles. The van der Waals surface area contributed by atoms with Gasteiger partial charge < -0.3 is 14.5 Å². The quantitative estimate of drug-likeness (QED) is 0.596. The third-order valence-electron chi connectivity index (χ3n) is 6.00. The first-order chi connectivity index (χ1) is 15.9. The highest BCUT2D eigenvalue weighted by Gasteiger charge is 2.36. The fraction of sp³-hybridized carbons (Fsp3) is 0.455. The van der Waals surface area contributed by atoms with Gasteiger partial charge in [0.1, 0.15) is 11.6 Å². The third kappa shape index (κ3) is 4.95. The lowest BCUT2D eigenvalue weighted by Gasteiger charge is -2.36. The van der Waals surface area contributed by atoms with Gasteiger partial charge in [-0.25, -0.2) is 13.4 Å². The zero-order valence-electron chi connectivity index (χ0n) is 18.5. The van der Waals surface area contributed by atoms with E-state index in [4.69, 9.17) is 16.3 Å². The number of sulfone groups is 1. The number of anilines is 1. The van der Waals surface area contributed by atoms with E-state index in [9.17, 15) is 26.4 Å². The second kappa shape index (κ2) is 8.92. The molecule has 12 heteroatoms. The maximum atomic E-state index is 13.5. The average Bonchev–Trinajstić information content (AvgIpc) is 3.61. The van der Waals surface area contributed by atoms with E-state index in [-0.39, 0.29) is 40.7 Å². The van der Waals surface area contributed by atoms with Gasteiger partial charge in [-0.3, -0.25) is 4.79 Å². The highest BCUT2D eigenvalue weighted by molar-refractivity contribution is 7.90. The van der Waals surface area contributed by atoms with E-state index >= 15 is 0 Å². The summed E-state index contributed by atoms with van der Waals surface area (Å²) < 4.78 is 68.5. The monoisotopic (exact) mass is 517 g/mol. The van der Waals surface area contributed by atoms with E-state index in [1.807, 2.05) is 0 Å². The van der Waals surface area contributed by atoms with Crippen LogP contribution in [0.3, 0.4) is 0 Å². The second-order valence-electron chi connectivity index (χ2n) is 8.44. The van der Waals surface area contributed by atoms with E-state index in [2.05, 4.69) is 4.98 Å². The van der Waals surface area contributed by atoms with Crippen LogP contribution in [0.1, 0.15) is 40.2 Å². The lowest BCUT2D eigenvalue weighted by Crippen LogP contribution is -2.49. The van der Waals surface area contributed by atoms with E-state index in [0.717, 1.165) is 36.9 Å². The average molecular weight is 518 g/mol. The normalized spacial score (nSPS) is 17.1. The molecule has 34 heavy (non-hydrogen) atoms. The predicted octanol–water partition coefficient (Wildman–Crippen LogP) is 4.01. The first-order valence-corrected chi connectivity index (χ1v) is 12.9. The van der Waals surface area contributed by atoms with E-state index in [1.165, 1.54) is 19.2 Å². The minimum atomic E-state index is -4.54. The zero-order chi connectivity index (χ0) is 24.8. The Balaban J connectivity index is 1.56. The van der Waals surface area contributed by atoms with Crippen molar-refractivity contribution < 1.29 is 31.1 Å². The number of alkyl halides is 3. The van der Waals surface area contributed by atoms with Gasteiger partial charge in [0.2, 0.25) is 0 Å². The Morgan fingerprint density at radius 3 is 2.29 bits per heavy atom. The highest BCUT2D eigenvalue weighted by Crippen LogP contribution is 2.47. The number of halogens is 4. The Morgan fingerprint density at radius 1 is 1.15 bits per heavy atom. The number of carbonyl (C=O) groups is 1. The Morgan fingerprint density at radius 2 is 1.79 bits per heavy atom. The molecule has 2 fully saturated rings. The van der Waals surface area contributed by atoms with Crippen molar-refractivity contribution in [3.8, 4) is 5.75 Å². The Bertz CT molecular complexity index is 1220. The van der Waals surface area contributed by atoms with Crippen molar-refractivity contribution in [2.45, 2.75) is 29.8 Å². The summed E-state index contributed by atoms with van der Waals surface area (Å²) >= 11 is 6.06. The van der Waals surface area contributed by atoms with Crippen LogP contribution >= 0.6 is 11.6 Å². The van der Waals surface area contributed by atoms with Crippen LogP contribution in [0, 0.1) is 0 Å². The topological polar surface area (TPSA) is 79.8 Å². The molecule has 2 heterocycles. The molecule has 0 N–H and O–H groups in total. The Kier molecular flexibility index (Phi) is 6.45. The van der Waals surface area contributed by atoms with E-state index in [1.54, 1.807) is 9.80 Å². The molecule has 1 saturated carbocycles. The molecule has 4 rings (SSSR count). The van der Waals surface area contributed by atoms with Crippen molar-refractivity contribution in [3.63, 3.8) is 0 Å². The summed E-state index contributed by atoms with van der Waals surface area (Å²) in [6.45, 7) is 1.16. The molecular formula is C22H23ClF3N3O4S. The number of aromatic nitrogens is 1. The molecule has 1 amide bonds. The smallest absolute Gasteiger partial charge is 0.417 e. The number of benzene rings is 1. The van der Waals surface area contributed by atoms with Gasteiger partial charge in [0.15, 0.2) is 9.84 Å². The van der Waals surface area contributed by atoms with Gasteiger partial charge in [-0.15, -0.1) is 0 Å². The second-order valence-corrected chi connectivity index (χ2v) is 10.9. The summed E-state index contributed by atoms with van der Waals surface area (Å²) in [6.07, 6.45) is -0.946. The molecule has 184 valence electrons. The van der Waals surface area contributed by atoms with Gasteiger partial charge >= 0.3 is 6.18 Å². The number of piperazine rings is 1. The SMILES string of the molecule is COc1cc(S(C)(=O)=O)cc(C(=O)N2CCN(c3ncc(C(F)(F)F)cc3Cl)CC2)c1C1CC1. The number of hydrogen-bond donors (Lipinski definition) is 0. The fourth-order valence-corrected chi connectivity index (χ4v) is 5.00. The summed E-state index contributed by atoms with van der Waals surface area (Å²) in [5.41, 5.74) is 0.0959. The molecule has 0 bridgehead atoms. The molecule has 1 saturated heterocycles. The summed E-state index contributed by atoms with van der Waals surface area (Å²) in [6, 6.07) is 3.71. The Hall–Kier alpha value is -2.53. The Labute approximate surface area is 200 Å². The van der Waals surface area contributed by atoms with Crippen LogP contribution in [-0.4, -0.2) is 63.8 Å². The summed E-state index contributed by atoms with van der Waals surface area (Å²) in [7, 11) is -2.12. The van der Waals surface area contributed by atoms with Crippen molar-refractivity contribution in [3.05, 3.63) is 46.1 Å². The molecule has 1 aliphatic carbocycles. The molecule has 7 nitrogen and oxygen atoms in total. The number of rotatable bonds is 5. The van der Waals surface area contributed by atoms with Crippen molar-refractivity contribution in [1.82, 2.24) is 9.88 Å². The number of carbonyl (C=O) groups excluding carboxylic acids is 1. The van der Waals surface area contributed by atoms with Crippen molar-refractivity contribution in [2.24, 2.45) is 0 Å². The largest absolute Gasteiger partial charge is 0.496 e. The number of nitrogens with zero attached hydrogens (tertiary/aromatic N) is 3. The van der Waals surface area contributed by atoms with E-state index < -0.39 is 21.6 Å². The summed E-state index contributed by atoms with van der Waals surface area (Å²) in [4.78, 5) is 20.7. The molecule has 2 aliphatic rings. The van der Waals surface area contributed by atoms with Crippen molar-refractivity contribution in [2.75, 3.05) is 44.4 Å². The minimum Gasteiger partial charge on any atom is -0.496 e. The number of amides is 1. The molecule has 0 radical (unpaired) electrons. The zero-order valence-corrected chi connectivity index (χ0v) is 20.1. The predicted molar refractivity (Wildman–Crippen MR) is 120 cm³/mol. The number of pyridine rings is 1. The first kappa shape index (κ1) is 24.6. The van der Waals surface area contributed by atoms with Gasteiger partial charge in [0.05, 0.1) is 22.6 Å². The van der Waals surface area contributed by atoms with Crippen molar-refractivity contribution >= 4 is 33.2 Å². The van der Waals surface area contributed by atoms with Crippen LogP contribution < -0.4 is 9.64 Å². The third-order valence-corrected chi connectivity index (χ3v) is 7.37. The van der Waals surface area contributed by atoms with Crippen molar-refractivity contribution in [1.29, 1.82) is 0 Å². The van der Waals surface area contributed by atoms with Crippen LogP contribution in [0.2, 0.25) is 5.02 Å². The highest BCUT2D eigenvalue weighted by atomic mass is 35.5. The summed E-state index contributed by atoms with van der Waals surface area (Å²) in [5.74, 6) is 0.435. The van der Waals surface area contributed by atoms with Crippen LogP contribution in [0.15, 0.2) is 29.3 Å². The molecular weight excluding hydrogens is 495 g/mol.